The van der Waals surface area contributed by atoms with E-state index in [2.05, 4.69) is 12.2 Å². The average molecular weight is 227 g/mol. The van der Waals surface area contributed by atoms with Gasteiger partial charge in [-0.3, -0.25) is 4.79 Å². The van der Waals surface area contributed by atoms with Crippen LogP contribution in [0.15, 0.2) is 0 Å². The first kappa shape index (κ1) is 13.0. The van der Waals surface area contributed by atoms with E-state index in [-0.39, 0.29) is 17.7 Å². The number of hydrogen-bond donors (Lipinski definition) is 2. The van der Waals surface area contributed by atoms with E-state index in [1.54, 1.807) is 0 Å². The normalized spacial score (nSPS) is 27.7. The van der Waals surface area contributed by atoms with Crippen LogP contribution in [-0.4, -0.2) is 23.0 Å². The fourth-order valence-electron chi connectivity index (χ4n) is 2.07. The summed E-state index contributed by atoms with van der Waals surface area (Å²) >= 11 is 0. The van der Waals surface area contributed by atoms with Gasteiger partial charge in [-0.15, -0.1) is 0 Å². The molecule has 4 heteroatoms. The molecule has 0 aliphatic heterocycles. The Balaban J connectivity index is 2.48. The summed E-state index contributed by atoms with van der Waals surface area (Å²) in [7, 11) is 0. The highest BCUT2D eigenvalue weighted by molar-refractivity contribution is 5.85. The Hall–Kier alpha value is -1.06. The van der Waals surface area contributed by atoms with Gasteiger partial charge in [0.15, 0.2) is 0 Å². The van der Waals surface area contributed by atoms with Crippen LogP contribution in [0.2, 0.25) is 0 Å². The molecule has 2 unspecified atom stereocenters. The molecule has 92 valence electrons. The number of aliphatic carboxylic acids is 1. The molecular weight excluding hydrogens is 206 g/mol. The Kier molecular flexibility index (Phi) is 4.33. The number of hydrogen-bond acceptors (Lipinski definition) is 2. The summed E-state index contributed by atoms with van der Waals surface area (Å²) in [5, 5.41) is 11.7. The van der Waals surface area contributed by atoms with Crippen molar-refractivity contribution in [2.45, 2.75) is 46.1 Å². The Labute approximate surface area is 96.4 Å². The van der Waals surface area contributed by atoms with Crippen LogP contribution in [0.5, 0.6) is 0 Å². The van der Waals surface area contributed by atoms with E-state index in [9.17, 15) is 9.59 Å². The Morgan fingerprint density at radius 1 is 1.44 bits per heavy atom. The number of carbonyl (C=O) groups is 2. The van der Waals surface area contributed by atoms with Crippen molar-refractivity contribution in [3.8, 4) is 0 Å². The van der Waals surface area contributed by atoms with Gasteiger partial charge in [0.1, 0.15) is 6.04 Å². The van der Waals surface area contributed by atoms with Gasteiger partial charge < -0.3 is 10.4 Å². The maximum Gasteiger partial charge on any atom is 0.326 e. The van der Waals surface area contributed by atoms with Gasteiger partial charge >= 0.3 is 5.97 Å². The van der Waals surface area contributed by atoms with Crippen molar-refractivity contribution in [3.63, 3.8) is 0 Å². The minimum Gasteiger partial charge on any atom is -0.480 e. The minimum absolute atomic E-state index is 0.0286. The summed E-state index contributed by atoms with van der Waals surface area (Å²) in [5.41, 5.74) is 0. The topological polar surface area (TPSA) is 66.4 Å². The van der Waals surface area contributed by atoms with Gasteiger partial charge in [0.05, 0.1) is 0 Å². The summed E-state index contributed by atoms with van der Waals surface area (Å²) in [6, 6.07) is -0.742. The SMILES string of the molecule is CCC(C)C(NC(=O)C1CC(C)C1)C(=O)O. The van der Waals surface area contributed by atoms with E-state index in [0.29, 0.717) is 5.92 Å². The lowest BCUT2D eigenvalue weighted by molar-refractivity contribution is -0.144. The summed E-state index contributed by atoms with van der Waals surface area (Å²) in [5.74, 6) is -0.427. The van der Waals surface area contributed by atoms with E-state index >= 15 is 0 Å². The second-order valence-corrected chi connectivity index (χ2v) is 4.98. The Bertz CT molecular complexity index is 271. The molecule has 1 aliphatic carbocycles. The van der Waals surface area contributed by atoms with Crippen molar-refractivity contribution in [3.05, 3.63) is 0 Å². The molecule has 0 aromatic carbocycles. The fourth-order valence-corrected chi connectivity index (χ4v) is 2.07. The minimum atomic E-state index is -0.935. The van der Waals surface area contributed by atoms with Crippen molar-refractivity contribution in [2.24, 2.45) is 17.8 Å². The van der Waals surface area contributed by atoms with Crippen LogP contribution in [0, 0.1) is 17.8 Å². The maximum absolute atomic E-state index is 11.7. The molecule has 16 heavy (non-hydrogen) atoms. The van der Waals surface area contributed by atoms with E-state index in [1.165, 1.54) is 0 Å². The third-order valence-corrected chi connectivity index (χ3v) is 3.52. The van der Waals surface area contributed by atoms with Crippen molar-refractivity contribution >= 4 is 11.9 Å². The zero-order valence-electron chi connectivity index (χ0n) is 10.2. The molecule has 0 radical (unpaired) electrons. The number of amides is 1. The monoisotopic (exact) mass is 227 g/mol. The second kappa shape index (κ2) is 5.32. The molecule has 0 aromatic rings. The van der Waals surface area contributed by atoms with Crippen LogP contribution < -0.4 is 5.32 Å². The molecule has 0 aromatic heterocycles. The number of carbonyl (C=O) groups excluding carboxylic acids is 1. The van der Waals surface area contributed by atoms with Gasteiger partial charge in [0, 0.05) is 5.92 Å². The predicted molar refractivity (Wildman–Crippen MR) is 60.9 cm³/mol. The van der Waals surface area contributed by atoms with Gasteiger partial charge in [-0.05, 0) is 24.7 Å². The standard InChI is InChI=1S/C12H21NO3/c1-4-8(3)10(12(15)16)13-11(14)9-5-7(2)6-9/h7-10H,4-6H2,1-3H3,(H,13,14)(H,15,16). The molecule has 1 rings (SSSR count). The average Bonchev–Trinajstić information content (AvgIpc) is 2.19. The van der Waals surface area contributed by atoms with Crippen LogP contribution in [0.3, 0.4) is 0 Å². The molecular formula is C12H21NO3. The third-order valence-electron chi connectivity index (χ3n) is 3.52. The summed E-state index contributed by atoms with van der Waals surface area (Å²) in [6.07, 6.45) is 2.52. The Morgan fingerprint density at radius 2 is 2.00 bits per heavy atom. The van der Waals surface area contributed by atoms with E-state index < -0.39 is 12.0 Å². The highest BCUT2D eigenvalue weighted by atomic mass is 16.4. The van der Waals surface area contributed by atoms with Crippen LogP contribution in [0.25, 0.3) is 0 Å². The van der Waals surface area contributed by atoms with Crippen LogP contribution in [-0.2, 0) is 9.59 Å². The first-order chi connectivity index (χ1) is 7.45. The van der Waals surface area contributed by atoms with Crippen LogP contribution in [0.4, 0.5) is 0 Å². The molecule has 0 heterocycles. The van der Waals surface area contributed by atoms with Gasteiger partial charge in [-0.1, -0.05) is 27.2 Å². The van der Waals surface area contributed by atoms with Crippen LogP contribution >= 0.6 is 0 Å². The highest BCUT2D eigenvalue weighted by Crippen LogP contribution is 2.33. The van der Waals surface area contributed by atoms with Crippen LogP contribution in [0.1, 0.15) is 40.0 Å². The summed E-state index contributed by atoms with van der Waals surface area (Å²) in [4.78, 5) is 22.7. The smallest absolute Gasteiger partial charge is 0.326 e. The first-order valence-corrected chi connectivity index (χ1v) is 5.98. The lowest BCUT2D eigenvalue weighted by Gasteiger charge is -2.33. The predicted octanol–water partition coefficient (Wildman–Crippen LogP) is 1.65. The molecule has 1 saturated carbocycles. The third kappa shape index (κ3) is 2.97. The molecule has 2 N–H and O–H groups in total. The van der Waals surface area contributed by atoms with E-state index in [0.717, 1.165) is 19.3 Å². The lowest BCUT2D eigenvalue weighted by atomic mass is 9.75. The van der Waals surface area contributed by atoms with Crippen molar-refractivity contribution < 1.29 is 14.7 Å². The number of nitrogens with one attached hydrogen (secondary N) is 1. The number of carboxylic acid groups (broad SMARTS) is 1. The molecule has 0 spiro atoms. The molecule has 1 fully saturated rings. The zero-order chi connectivity index (χ0) is 12.3. The molecule has 0 saturated heterocycles. The second-order valence-electron chi connectivity index (χ2n) is 4.98. The first-order valence-electron chi connectivity index (χ1n) is 5.98. The van der Waals surface area contributed by atoms with E-state index in [4.69, 9.17) is 5.11 Å². The molecule has 0 bridgehead atoms. The van der Waals surface area contributed by atoms with Crippen molar-refractivity contribution in [1.29, 1.82) is 0 Å². The number of rotatable bonds is 5. The van der Waals surface area contributed by atoms with Gasteiger partial charge in [-0.2, -0.15) is 0 Å². The van der Waals surface area contributed by atoms with Crippen molar-refractivity contribution in [1.82, 2.24) is 5.32 Å². The molecule has 2 atom stereocenters. The molecule has 4 nitrogen and oxygen atoms in total. The zero-order valence-corrected chi connectivity index (χ0v) is 10.2. The molecule has 1 aliphatic rings. The number of carboxylic acids is 1. The summed E-state index contributed by atoms with van der Waals surface area (Å²) in [6.45, 7) is 5.88. The van der Waals surface area contributed by atoms with Gasteiger partial charge in [0.2, 0.25) is 5.91 Å². The van der Waals surface area contributed by atoms with Gasteiger partial charge in [-0.25, -0.2) is 4.79 Å². The quantitative estimate of drug-likeness (QED) is 0.750. The highest BCUT2D eigenvalue weighted by Gasteiger charge is 2.34. The largest absolute Gasteiger partial charge is 0.480 e. The lowest BCUT2D eigenvalue weighted by Crippen LogP contribution is -2.49. The maximum atomic E-state index is 11.7. The Morgan fingerprint density at radius 3 is 2.38 bits per heavy atom. The fraction of sp³-hybridized carbons (Fsp3) is 0.833. The van der Waals surface area contributed by atoms with E-state index in [1.807, 2.05) is 13.8 Å². The van der Waals surface area contributed by atoms with Gasteiger partial charge in [0.25, 0.3) is 0 Å². The van der Waals surface area contributed by atoms with Crippen molar-refractivity contribution in [2.75, 3.05) is 0 Å². The molecule has 1 amide bonds. The summed E-state index contributed by atoms with van der Waals surface area (Å²) < 4.78 is 0.